The molecule has 1 aromatic carbocycles. The minimum atomic E-state index is -5.24. The molecule has 1 rings (SSSR count). The van der Waals surface area contributed by atoms with Crippen molar-refractivity contribution in [3.63, 3.8) is 0 Å². The van der Waals surface area contributed by atoms with Gasteiger partial charge in [-0.05, 0) is 12.1 Å². The van der Waals surface area contributed by atoms with Crippen LogP contribution in [-0.2, 0) is 12.4 Å². The number of phenols is 1. The highest BCUT2D eigenvalue weighted by atomic mass is 19.4. The third-order valence-electron chi connectivity index (χ3n) is 1.63. The minimum absolute atomic E-state index is 0.266. The van der Waals surface area contributed by atoms with Crippen LogP contribution in [0.5, 0.6) is 5.75 Å². The zero-order chi connectivity index (χ0) is 11.9. The molecule has 0 heterocycles. The molecule has 0 unspecified atom stereocenters. The van der Waals surface area contributed by atoms with Crippen LogP contribution in [0, 0.1) is 0 Å². The molecule has 1 N–H and O–H groups in total. The number of alkyl halides is 6. The van der Waals surface area contributed by atoms with Crippen molar-refractivity contribution in [1.29, 1.82) is 0 Å². The van der Waals surface area contributed by atoms with Crippen LogP contribution in [0.25, 0.3) is 0 Å². The average Bonchev–Trinajstić information content (AvgIpc) is 1.99. The fourth-order valence-electron chi connectivity index (χ4n) is 1.07. The summed E-state index contributed by atoms with van der Waals surface area (Å²) in [5.41, 5.74) is -3.95. The number of hydrogen-bond donors (Lipinski definition) is 1. The Bertz CT molecular complexity index is 364. The van der Waals surface area contributed by atoms with Crippen molar-refractivity contribution >= 4 is 0 Å². The van der Waals surface area contributed by atoms with E-state index >= 15 is 0 Å². The van der Waals surface area contributed by atoms with Crippen LogP contribution in [0.3, 0.4) is 0 Å². The van der Waals surface area contributed by atoms with Crippen LogP contribution >= 0.6 is 0 Å². The first-order valence-corrected chi connectivity index (χ1v) is 3.60. The summed E-state index contributed by atoms with van der Waals surface area (Å²) in [7, 11) is 0. The molecule has 15 heavy (non-hydrogen) atoms. The Balaban J connectivity index is 3.48. The first kappa shape index (κ1) is 11.7. The maximum absolute atomic E-state index is 12.2. The summed E-state index contributed by atoms with van der Waals surface area (Å²) in [6, 6.07) is 1.52. The third-order valence-corrected chi connectivity index (χ3v) is 1.63. The molecule has 0 aliphatic heterocycles. The van der Waals surface area contributed by atoms with Gasteiger partial charge in [0.05, 0.1) is 5.56 Å². The fraction of sp³-hybridized carbons (Fsp3) is 0.250. The average molecular weight is 230 g/mol. The van der Waals surface area contributed by atoms with Gasteiger partial charge in [-0.1, -0.05) is 6.07 Å². The molecule has 0 aliphatic rings. The molecular weight excluding hydrogens is 226 g/mol. The molecule has 0 atom stereocenters. The highest BCUT2D eigenvalue weighted by molar-refractivity contribution is 5.42. The lowest BCUT2D eigenvalue weighted by Crippen LogP contribution is -2.16. The number of aromatic hydroxyl groups is 1. The Kier molecular flexibility index (Phi) is 2.58. The van der Waals surface area contributed by atoms with Gasteiger partial charge in [0.2, 0.25) is 0 Å². The SMILES string of the molecule is Oc1cccc(C(F)(F)F)c1C(F)(F)F. The Morgan fingerprint density at radius 2 is 1.40 bits per heavy atom. The molecule has 1 aromatic rings. The molecule has 0 saturated heterocycles. The number of rotatable bonds is 0. The molecule has 0 amide bonds. The van der Waals surface area contributed by atoms with Gasteiger partial charge in [-0.2, -0.15) is 26.3 Å². The summed E-state index contributed by atoms with van der Waals surface area (Å²) in [5.74, 6) is -1.43. The molecule has 0 saturated carbocycles. The van der Waals surface area contributed by atoms with Crippen LogP contribution in [0.15, 0.2) is 18.2 Å². The van der Waals surface area contributed by atoms with Crippen molar-refractivity contribution in [3.05, 3.63) is 29.3 Å². The quantitative estimate of drug-likeness (QED) is 0.677. The largest absolute Gasteiger partial charge is 0.507 e. The highest BCUT2D eigenvalue weighted by Gasteiger charge is 2.44. The first-order chi connectivity index (χ1) is 6.64. The Labute approximate surface area is 79.9 Å². The Morgan fingerprint density at radius 3 is 1.73 bits per heavy atom. The summed E-state index contributed by atoms with van der Waals surface area (Å²) in [4.78, 5) is 0. The molecule has 1 nitrogen and oxygen atoms in total. The standard InChI is InChI=1S/C8H4F6O/c9-7(10,11)4-2-1-3-5(15)6(4)8(12,13)14/h1-3,15H. The maximum atomic E-state index is 12.2. The summed E-state index contributed by atoms with van der Waals surface area (Å²) in [5, 5.41) is 8.77. The first-order valence-electron chi connectivity index (χ1n) is 3.60. The van der Waals surface area contributed by atoms with Crippen LogP contribution in [0.4, 0.5) is 26.3 Å². The van der Waals surface area contributed by atoms with Gasteiger partial charge in [0, 0.05) is 0 Å². The third kappa shape index (κ3) is 2.34. The molecule has 0 aliphatic carbocycles. The van der Waals surface area contributed by atoms with Crippen molar-refractivity contribution < 1.29 is 31.4 Å². The van der Waals surface area contributed by atoms with E-state index in [9.17, 15) is 26.3 Å². The van der Waals surface area contributed by atoms with E-state index < -0.39 is 29.2 Å². The maximum Gasteiger partial charge on any atom is 0.420 e. The van der Waals surface area contributed by atoms with E-state index in [0.717, 1.165) is 0 Å². The zero-order valence-corrected chi connectivity index (χ0v) is 6.95. The lowest BCUT2D eigenvalue weighted by molar-refractivity contribution is -0.163. The summed E-state index contributed by atoms with van der Waals surface area (Å²) in [6.07, 6.45) is -10.4. The number of phenolic OH excluding ortho intramolecular Hbond substituents is 1. The summed E-state index contributed by atoms with van der Waals surface area (Å²) < 4.78 is 73.0. The molecule has 0 spiro atoms. The summed E-state index contributed by atoms with van der Waals surface area (Å²) in [6.45, 7) is 0. The van der Waals surface area contributed by atoms with Crippen LogP contribution in [0.2, 0.25) is 0 Å². The van der Waals surface area contributed by atoms with E-state index in [1.54, 1.807) is 0 Å². The van der Waals surface area contributed by atoms with Crippen molar-refractivity contribution in [1.82, 2.24) is 0 Å². The fourth-order valence-corrected chi connectivity index (χ4v) is 1.07. The second-order valence-electron chi connectivity index (χ2n) is 2.70. The lowest BCUT2D eigenvalue weighted by atomic mass is 10.1. The van der Waals surface area contributed by atoms with Gasteiger partial charge in [0.25, 0.3) is 0 Å². The smallest absolute Gasteiger partial charge is 0.420 e. The number of hydrogen-bond acceptors (Lipinski definition) is 1. The molecule has 7 heteroatoms. The molecule has 84 valence electrons. The van der Waals surface area contributed by atoms with Gasteiger partial charge in [0.1, 0.15) is 11.3 Å². The topological polar surface area (TPSA) is 20.2 Å². The lowest BCUT2D eigenvalue weighted by Gasteiger charge is -2.15. The van der Waals surface area contributed by atoms with Gasteiger partial charge in [0.15, 0.2) is 0 Å². The van der Waals surface area contributed by atoms with E-state index in [-0.39, 0.29) is 6.07 Å². The second kappa shape index (κ2) is 3.32. The normalized spacial score (nSPS) is 12.9. The van der Waals surface area contributed by atoms with Gasteiger partial charge < -0.3 is 5.11 Å². The molecule has 0 aromatic heterocycles. The van der Waals surface area contributed by atoms with Crippen LogP contribution in [0.1, 0.15) is 11.1 Å². The van der Waals surface area contributed by atoms with E-state index in [0.29, 0.717) is 12.1 Å². The zero-order valence-electron chi connectivity index (χ0n) is 6.95. The monoisotopic (exact) mass is 230 g/mol. The predicted molar refractivity (Wildman–Crippen MR) is 38.1 cm³/mol. The van der Waals surface area contributed by atoms with Gasteiger partial charge >= 0.3 is 12.4 Å². The van der Waals surface area contributed by atoms with E-state index in [1.165, 1.54) is 0 Å². The number of halogens is 6. The predicted octanol–water partition coefficient (Wildman–Crippen LogP) is 3.43. The van der Waals surface area contributed by atoms with Crippen LogP contribution in [-0.4, -0.2) is 5.11 Å². The van der Waals surface area contributed by atoms with Crippen molar-refractivity contribution in [2.75, 3.05) is 0 Å². The van der Waals surface area contributed by atoms with E-state index in [2.05, 4.69) is 0 Å². The van der Waals surface area contributed by atoms with Gasteiger partial charge in [-0.25, -0.2) is 0 Å². The highest BCUT2D eigenvalue weighted by Crippen LogP contribution is 2.44. The molecule has 0 bridgehead atoms. The van der Waals surface area contributed by atoms with Crippen LogP contribution < -0.4 is 0 Å². The van der Waals surface area contributed by atoms with Crippen molar-refractivity contribution in [2.45, 2.75) is 12.4 Å². The van der Waals surface area contributed by atoms with E-state index in [4.69, 9.17) is 5.11 Å². The second-order valence-corrected chi connectivity index (χ2v) is 2.70. The molecule has 0 fully saturated rings. The summed E-state index contributed by atoms with van der Waals surface area (Å²) >= 11 is 0. The minimum Gasteiger partial charge on any atom is -0.507 e. The molecular formula is C8H4F6O. The van der Waals surface area contributed by atoms with Crippen molar-refractivity contribution in [3.8, 4) is 5.75 Å². The van der Waals surface area contributed by atoms with Gasteiger partial charge in [-0.15, -0.1) is 0 Å². The number of benzene rings is 1. The van der Waals surface area contributed by atoms with Gasteiger partial charge in [-0.3, -0.25) is 0 Å². The Hall–Kier alpha value is -1.40. The molecule has 0 radical (unpaired) electrons. The Morgan fingerprint density at radius 1 is 0.867 bits per heavy atom. The van der Waals surface area contributed by atoms with Crippen molar-refractivity contribution in [2.24, 2.45) is 0 Å². The van der Waals surface area contributed by atoms with E-state index in [1.807, 2.05) is 0 Å².